The van der Waals surface area contributed by atoms with E-state index in [1.54, 1.807) is 11.8 Å². The van der Waals surface area contributed by atoms with E-state index in [0.717, 1.165) is 44.3 Å². The van der Waals surface area contributed by atoms with Crippen LogP contribution >= 0.6 is 11.8 Å². The second-order valence-electron chi connectivity index (χ2n) is 7.00. The Balaban J connectivity index is 1.56. The van der Waals surface area contributed by atoms with Crippen molar-refractivity contribution in [2.24, 2.45) is 5.92 Å². The van der Waals surface area contributed by atoms with E-state index in [0.29, 0.717) is 11.9 Å². The van der Waals surface area contributed by atoms with Gasteiger partial charge in [-0.2, -0.15) is 0 Å². The summed E-state index contributed by atoms with van der Waals surface area (Å²) in [6.45, 7) is 0. The summed E-state index contributed by atoms with van der Waals surface area (Å²) in [6, 6.07) is 0.0971. The van der Waals surface area contributed by atoms with Crippen LogP contribution < -0.4 is 5.32 Å². The van der Waals surface area contributed by atoms with Gasteiger partial charge < -0.3 is 10.2 Å². The molecular weight excluding hydrogens is 296 g/mol. The number of nitrogens with one attached hydrogen (secondary N) is 1. The average Bonchev–Trinajstić information content (AvgIpc) is 3.05. The van der Waals surface area contributed by atoms with E-state index >= 15 is 0 Å². The molecule has 1 N–H and O–H groups in total. The van der Waals surface area contributed by atoms with E-state index in [-0.39, 0.29) is 23.8 Å². The molecule has 1 atom stereocenters. The summed E-state index contributed by atoms with van der Waals surface area (Å²) in [7, 11) is 0. The van der Waals surface area contributed by atoms with E-state index in [1.165, 1.54) is 25.7 Å². The third kappa shape index (κ3) is 3.79. The van der Waals surface area contributed by atoms with Crippen molar-refractivity contribution in [3.63, 3.8) is 0 Å². The summed E-state index contributed by atoms with van der Waals surface area (Å²) in [6.07, 6.45) is 11.5. The van der Waals surface area contributed by atoms with Crippen molar-refractivity contribution in [3.05, 3.63) is 0 Å². The van der Waals surface area contributed by atoms with Crippen LogP contribution in [-0.4, -0.2) is 40.4 Å². The fraction of sp³-hybridized carbons (Fsp3) is 0.882. The van der Waals surface area contributed by atoms with Crippen LogP contribution in [0.25, 0.3) is 0 Å². The molecule has 0 spiro atoms. The summed E-state index contributed by atoms with van der Waals surface area (Å²) in [5.74, 6) is 1.93. The van der Waals surface area contributed by atoms with Crippen molar-refractivity contribution in [2.45, 2.75) is 76.3 Å². The second kappa shape index (κ2) is 7.71. The minimum Gasteiger partial charge on any atom is -0.352 e. The van der Waals surface area contributed by atoms with E-state index in [2.05, 4.69) is 5.32 Å². The standard InChI is InChI=1S/C17H28N2O2S/c20-16(18-14-9-5-2-6-10-14)15-11-22-12-19(15)17(21)13-7-3-1-4-8-13/h13-15H,1-12H2,(H,18,20). The number of hydrogen-bond acceptors (Lipinski definition) is 3. The van der Waals surface area contributed by atoms with Crippen LogP contribution in [0.15, 0.2) is 0 Å². The summed E-state index contributed by atoms with van der Waals surface area (Å²) in [5.41, 5.74) is 0. The summed E-state index contributed by atoms with van der Waals surface area (Å²) in [5, 5.41) is 3.20. The highest BCUT2D eigenvalue weighted by molar-refractivity contribution is 7.99. The number of hydrogen-bond donors (Lipinski definition) is 1. The van der Waals surface area contributed by atoms with E-state index in [9.17, 15) is 9.59 Å². The lowest BCUT2D eigenvalue weighted by atomic mass is 9.88. The van der Waals surface area contributed by atoms with Crippen LogP contribution in [0.3, 0.4) is 0 Å². The highest BCUT2D eigenvalue weighted by Gasteiger charge is 2.38. The Morgan fingerprint density at radius 2 is 1.55 bits per heavy atom. The smallest absolute Gasteiger partial charge is 0.243 e. The zero-order chi connectivity index (χ0) is 15.4. The SMILES string of the molecule is O=C(NC1CCCCC1)C1CSCN1C(=O)C1CCCCC1. The molecule has 1 unspecified atom stereocenters. The van der Waals surface area contributed by atoms with Crippen molar-refractivity contribution in [1.29, 1.82) is 0 Å². The molecule has 0 aromatic heterocycles. The summed E-state index contributed by atoms with van der Waals surface area (Å²) >= 11 is 1.72. The van der Waals surface area contributed by atoms with Gasteiger partial charge in [-0.05, 0) is 25.7 Å². The van der Waals surface area contributed by atoms with E-state index in [1.807, 2.05) is 4.90 Å². The largest absolute Gasteiger partial charge is 0.352 e. The van der Waals surface area contributed by atoms with Crippen LogP contribution in [0.4, 0.5) is 0 Å². The van der Waals surface area contributed by atoms with Gasteiger partial charge in [-0.1, -0.05) is 38.5 Å². The number of rotatable bonds is 3. The summed E-state index contributed by atoms with van der Waals surface area (Å²) < 4.78 is 0. The molecule has 2 aliphatic carbocycles. The molecule has 2 amide bonds. The Hall–Kier alpha value is -0.710. The van der Waals surface area contributed by atoms with Crippen molar-refractivity contribution < 1.29 is 9.59 Å². The first kappa shape index (κ1) is 16.2. The van der Waals surface area contributed by atoms with E-state index in [4.69, 9.17) is 0 Å². The van der Waals surface area contributed by atoms with Gasteiger partial charge in [0.1, 0.15) is 6.04 Å². The minimum atomic E-state index is -0.235. The van der Waals surface area contributed by atoms with Crippen LogP contribution in [0, 0.1) is 5.92 Å². The average molecular weight is 324 g/mol. The normalized spacial score (nSPS) is 27.8. The van der Waals surface area contributed by atoms with E-state index < -0.39 is 0 Å². The molecule has 4 nitrogen and oxygen atoms in total. The molecule has 3 rings (SSSR count). The monoisotopic (exact) mass is 324 g/mol. The lowest BCUT2D eigenvalue weighted by molar-refractivity contribution is -0.142. The predicted octanol–water partition coefficient (Wildman–Crippen LogP) is 2.92. The maximum atomic E-state index is 12.7. The van der Waals surface area contributed by atoms with Crippen LogP contribution in [-0.2, 0) is 9.59 Å². The van der Waals surface area contributed by atoms with Crippen LogP contribution in [0.1, 0.15) is 64.2 Å². The Kier molecular flexibility index (Phi) is 5.66. The molecule has 124 valence electrons. The first-order valence-corrected chi connectivity index (χ1v) is 10.1. The van der Waals surface area contributed by atoms with Crippen LogP contribution in [0.5, 0.6) is 0 Å². The molecule has 1 heterocycles. The first-order valence-electron chi connectivity index (χ1n) is 8.94. The zero-order valence-electron chi connectivity index (χ0n) is 13.4. The number of carbonyl (C=O) groups is 2. The molecule has 0 radical (unpaired) electrons. The van der Waals surface area contributed by atoms with Gasteiger partial charge >= 0.3 is 0 Å². The van der Waals surface area contributed by atoms with Gasteiger partial charge in [-0.3, -0.25) is 9.59 Å². The molecule has 5 heteroatoms. The van der Waals surface area contributed by atoms with Gasteiger partial charge in [0.25, 0.3) is 0 Å². The fourth-order valence-electron chi connectivity index (χ4n) is 4.01. The maximum absolute atomic E-state index is 12.7. The number of nitrogens with zero attached hydrogens (tertiary/aromatic N) is 1. The zero-order valence-corrected chi connectivity index (χ0v) is 14.2. The topological polar surface area (TPSA) is 49.4 Å². The van der Waals surface area contributed by atoms with Gasteiger partial charge in [0.2, 0.25) is 11.8 Å². The molecule has 1 saturated heterocycles. The Bertz CT molecular complexity index is 403. The van der Waals surface area contributed by atoms with Gasteiger partial charge in [-0.15, -0.1) is 11.8 Å². The molecule has 3 aliphatic rings. The number of amides is 2. The van der Waals surface area contributed by atoms with Crippen molar-refractivity contribution >= 4 is 23.6 Å². The third-order valence-electron chi connectivity index (χ3n) is 5.37. The number of carbonyl (C=O) groups excluding carboxylic acids is 2. The molecular formula is C17H28N2O2S. The van der Waals surface area contributed by atoms with Crippen molar-refractivity contribution in [2.75, 3.05) is 11.6 Å². The second-order valence-corrected chi connectivity index (χ2v) is 8.00. The van der Waals surface area contributed by atoms with Gasteiger partial charge in [-0.25, -0.2) is 0 Å². The highest BCUT2D eigenvalue weighted by Crippen LogP contribution is 2.30. The third-order valence-corrected chi connectivity index (χ3v) is 6.39. The molecule has 0 aromatic carbocycles. The van der Waals surface area contributed by atoms with Crippen molar-refractivity contribution in [1.82, 2.24) is 10.2 Å². The number of thioether (sulfide) groups is 1. The Morgan fingerprint density at radius 1 is 0.909 bits per heavy atom. The molecule has 3 fully saturated rings. The lowest BCUT2D eigenvalue weighted by Gasteiger charge is -2.31. The Labute approximate surface area is 137 Å². The first-order chi connectivity index (χ1) is 10.8. The fourth-order valence-corrected chi connectivity index (χ4v) is 5.17. The van der Waals surface area contributed by atoms with Gasteiger partial charge in [0.15, 0.2) is 0 Å². The predicted molar refractivity (Wildman–Crippen MR) is 89.5 cm³/mol. The molecule has 1 aliphatic heterocycles. The molecule has 22 heavy (non-hydrogen) atoms. The van der Waals surface area contributed by atoms with Gasteiger partial charge in [0, 0.05) is 17.7 Å². The lowest BCUT2D eigenvalue weighted by Crippen LogP contribution is -2.51. The van der Waals surface area contributed by atoms with Crippen molar-refractivity contribution in [3.8, 4) is 0 Å². The Morgan fingerprint density at radius 3 is 2.23 bits per heavy atom. The highest BCUT2D eigenvalue weighted by atomic mass is 32.2. The molecule has 0 bridgehead atoms. The molecule has 2 saturated carbocycles. The minimum absolute atomic E-state index is 0.0843. The van der Waals surface area contributed by atoms with Gasteiger partial charge in [0.05, 0.1) is 5.88 Å². The quantitative estimate of drug-likeness (QED) is 0.868. The maximum Gasteiger partial charge on any atom is 0.243 e. The molecule has 0 aromatic rings. The van der Waals surface area contributed by atoms with Crippen LogP contribution in [0.2, 0.25) is 0 Å². The summed E-state index contributed by atoms with van der Waals surface area (Å²) in [4.78, 5) is 27.2.